The summed E-state index contributed by atoms with van der Waals surface area (Å²) in [5.41, 5.74) is 0.698. The third kappa shape index (κ3) is 1.97. The lowest BCUT2D eigenvalue weighted by Crippen LogP contribution is -2.58. The Bertz CT molecular complexity index is 422. The van der Waals surface area contributed by atoms with E-state index in [1.165, 1.54) is 32.1 Å². The van der Waals surface area contributed by atoms with Crippen LogP contribution in [0.5, 0.6) is 0 Å². The Morgan fingerprint density at radius 2 is 1.76 bits per heavy atom. The van der Waals surface area contributed by atoms with E-state index < -0.39 is 0 Å². The first-order valence-electron chi connectivity index (χ1n) is 9.30. The zero-order valence-electron chi connectivity index (χ0n) is 13.7. The molecule has 0 saturated heterocycles. The summed E-state index contributed by atoms with van der Waals surface area (Å²) in [6.45, 7) is 4.89. The molecule has 4 aliphatic carbocycles. The monoisotopic (exact) mass is 292 g/mol. The second-order valence-corrected chi connectivity index (χ2v) is 9.32. The summed E-state index contributed by atoms with van der Waals surface area (Å²) in [7, 11) is 0. The highest BCUT2D eigenvalue weighted by atomic mass is 16.3. The fourth-order valence-corrected chi connectivity index (χ4v) is 7.37. The summed E-state index contributed by atoms with van der Waals surface area (Å²) in [5.74, 6) is 2.75. The molecule has 0 aromatic rings. The molecule has 0 heterocycles. The molecule has 0 amide bonds. The third-order valence-electron chi connectivity index (χ3n) is 8.34. The van der Waals surface area contributed by atoms with Crippen molar-refractivity contribution in [3.8, 4) is 0 Å². The van der Waals surface area contributed by atoms with Gasteiger partial charge >= 0.3 is 0 Å². The lowest BCUT2D eigenvalue weighted by molar-refractivity contribution is -0.171. The van der Waals surface area contributed by atoms with Crippen LogP contribution in [-0.2, 0) is 0 Å². The van der Waals surface area contributed by atoms with Gasteiger partial charge in [-0.25, -0.2) is 0 Å². The van der Waals surface area contributed by atoms with E-state index in [0.717, 1.165) is 37.5 Å². The van der Waals surface area contributed by atoms with E-state index in [0.29, 0.717) is 17.3 Å². The van der Waals surface area contributed by atoms with Gasteiger partial charge in [-0.05, 0) is 85.9 Å². The lowest BCUT2D eigenvalue weighted by Gasteiger charge is -2.61. The van der Waals surface area contributed by atoms with Crippen molar-refractivity contribution >= 4 is 0 Å². The van der Waals surface area contributed by atoms with Gasteiger partial charge in [-0.3, -0.25) is 0 Å². The van der Waals surface area contributed by atoms with E-state index in [4.69, 9.17) is 0 Å². The Morgan fingerprint density at radius 1 is 0.952 bits per heavy atom. The predicted octanol–water partition coefficient (Wildman–Crippen LogP) is 3.75. The number of rotatable bonds is 0. The second kappa shape index (κ2) is 4.71. The first-order valence-corrected chi connectivity index (χ1v) is 9.30. The van der Waals surface area contributed by atoms with Crippen molar-refractivity contribution < 1.29 is 10.2 Å². The minimum absolute atomic E-state index is 0.0860. The lowest BCUT2D eigenvalue weighted by atomic mass is 9.44. The van der Waals surface area contributed by atoms with Gasteiger partial charge in [-0.2, -0.15) is 0 Å². The number of hydrogen-bond donors (Lipinski definition) is 2. The van der Waals surface area contributed by atoms with E-state index in [2.05, 4.69) is 13.8 Å². The van der Waals surface area contributed by atoms with Crippen LogP contribution in [0.3, 0.4) is 0 Å². The van der Waals surface area contributed by atoms with Crippen molar-refractivity contribution in [2.45, 2.75) is 83.8 Å². The molecule has 0 aromatic carbocycles. The predicted molar refractivity (Wildman–Crippen MR) is 83.7 cm³/mol. The summed E-state index contributed by atoms with van der Waals surface area (Å²) >= 11 is 0. The van der Waals surface area contributed by atoms with Gasteiger partial charge in [0.15, 0.2) is 0 Å². The van der Waals surface area contributed by atoms with Crippen molar-refractivity contribution in [1.29, 1.82) is 0 Å². The van der Waals surface area contributed by atoms with Crippen LogP contribution in [0.2, 0.25) is 0 Å². The third-order valence-corrected chi connectivity index (χ3v) is 8.34. The van der Waals surface area contributed by atoms with Crippen molar-refractivity contribution in [1.82, 2.24) is 0 Å². The first-order chi connectivity index (χ1) is 9.94. The molecule has 0 aromatic heterocycles. The average Bonchev–Trinajstić information content (AvgIpc) is 2.80. The molecule has 0 aliphatic heterocycles. The van der Waals surface area contributed by atoms with Crippen molar-refractivity contribution in [3.05, 3.63) is 0 Å². The highest BCUT2D eigenvalue weighted by molar-refractivity contribution is 5.10. The highest BCUT2D eigenvalue weighted by Crippen LogP contribution is 2.66. The van der Waals surface area contributed by atoms with Gasteiger partial charge < -0.3 is 10.2 Å². The van der Waals surface area contributed by atoms with Crippen molar-refractivity contribution in [2.75, 3.05) is 0 Å². The van der Waals surface area contributed by atoms with Gasteiger partial charge in [0, 0.05) is 0 Å². The largest absolute Gasteiger partial charge is 0.393 e. The molecule has 21 heavy (non-hydrogen) atoms. The van der Waals surface area contributed by atoms with Crippen LogP contribution in [0, 0.1) is 34.5 Å². The highest BCUT2D eigenvalue weighted by Gasteiger charge is 2.60. The summed E-state index contributed by atoms with van der Waals surface area (Å²) in [4.78, 5) is 0. The van der Waals surface area contributed by atoms with E-state index in [1.807, 2.05) is 0 Å². The van der Waals surface area contributed by atoms with Crippen LogP contribution >= 0.6 is 0 Å². The molecule has 0 spiro atoms. The molecule has 4 rings (SSSR count). The van der Waals surface area contributed by atoms with Crippen LogP contribution in [0.1, 0.15) is 71.6 Å². The van der Waals surface area contributed by atoms with Gasteiger partial charge in [0.05, 0.1) is 12.2 Å². The van der Waals surface area contributed by atoms with E-state index in [1.54, 1.807) is 0 Å². The normalized spacial score (nSPS) is 60.0. The Balaban J connectivity index is 1.67. The maximum Gasteiger partial charge on any atom is 0.0581 e. The maximum atomic E-state index is 11.0. The molecular weight excluding hydrogens is 260 g/mol. The van der Waals surface area contributed by atoms with E-state index in [9.17, 15) is 10.2 Å². The molecule has 0 radical (unpaired) electrons. The Labute approximate surface area is 129 Å². The van der Waals surface area contributed by atoms with Gasteiger partial charge in [-0.15, -0.1) is 0 Å². The van der Waals surface area contributed by atoms with E-state index >= 15 is 0 Å². The summed E-state index contributed by atoms with van der Waals surface area (Å²) < 4.78 is 0. The van der Waals surface area contributed by atoms with Crippen LogP contribution in [-0.4, -0.2) is 22.4 Å². The minimum Gasteiger partial charge on any atom is -0.393 e. The van der Waals surface area contributed by atoms with Crippen LogP contribution in [0.15, 0.2) is 0 Å². The SMILES string of the molecule is CC12CCCC1C1CC[C@H]3CC(O)CCC3(C)C1C(O)C2. The molecule has 7 unspecified atom stereocenters. The summed E-state index contributed by atoms with van der Waals surface area (Å²) in [6.07, 6.45) is 10.6. The molecule has 4 saturated carbocycles. The van der Waals surface area contributed by atoms with Gasteiger partial charge in [-0.1, -0.05) is 20.3 Å². The molecule has 120 valence electrons. The molecule has 0 bridgehead atoms. The molecule has 4 aliphatic rings. The molecule has 2 nitrogen and oxygen atoms in total. The standard InChI is InChI=1S/C19H32O2/c1-18-8-3-4-15(18)14-6-5-12-10-13(20)7-9-19(12,2)17(14)16(21)11-18/h12-17,20-21H,3-11H2,1-2H3/t12-,13?,14?,15?,16?,17?,18?,19?/m0/s1. The Morgan fingerprint density at radius 3 is 2.57 bits per heavy atom. The van der Waals surface area contributed by atoms with Gasteiger partial charge in [0.2, 0.25) is 0 Å². The molecule has 4 fully saturated rings. The quantitative estimate of drug-likeness (QED) is 0.714. The van der Waals surface area contributed by atoms with Crippen molar-refractivity contribution in [2.24, 2.45) is 34.5 Å². The maximum absolute atomic E-state index is 11.0. The fraction of sp³-hybridized carbons (Fsp3) is 1.00. The minimum atomic E-state index is -0.0996. The van der Waals surface area contributed by atoms with Crippen molar-refractivity contribution in [3.63, 3.8) is 0 Å². The zero-order valence-corrected chi connectivity index (χ0v) is 13.7. The topological polar surface area (TPSA) is 40.5 Å². The van der Waals surface area contributed by atoms with Crippen LogP contribution in [0.4, 0.5) is 0 Å². The molecular formula is C19H32O2. The zero-order chi connectivity index (χ0) is 14.8. The van der Waals surface area contributed by atoms with Gasteiger partial charge in [0.25, 0.3) is 0 Å². The number of aliphatic hydroxyl groups is 2. The molecule has 2 N–H and O–H groups in total. The number of fused-ring (bicyclic) bond motifs is 5. The Kier molecular flexibility index (Phi) is 3.25. The average molecular weight is 292 g/mol. The number of aliphatic hydroxyl groups excluding tert-OH is 2. The Hall–Kier alpha value is -0.0800. The smallest absolute Gasteiger partial charge is 0.0581 e. The number of hydrogen-bond acceptors (Lipinski definition) is 2. The summed E-state index contributed by atoms with van der Waals surface area (Å²) in [6, 6.07) is 0. The van der Waals surface area contributed by atoms with E-state index in [-0.39, 0.29) is 17.6 Å². The summed E-state index contributed by atoms with van der Waals surface area (Å²) in [5, 5.41) is 21.1. The molecule has 2 heteroatoms. The first kappa shape index (κ1) is 14.5. The van der Waals surface area contributed by atoms with Gasteiger partial charge in [0.1, 0.15) is 0 Å². The molecule has 8 atom stereocenters. The second-order valence-electron chi connectivity index (χ2n) is 9.32. The van der Waals surface area contributed by atoms with Crippen LogP contribution < -0.4 is 0 Å². The fourth-order valence-electron chi connectivity index (χ4n) is 7.37. The van der Waals surface area contributed by atoms with Crippen LogP contribution in [0.25, 0.3) is 0 Å².